The number of hydrogen-bond donors (Lipinski definition) is 3. The maximum atomic E-state index is 15.1. The second kappa shape index (κ2) is 10.1. The summed E-state index contributed by atoms with van der Waals surface area (Å²) in [5.74, 6) is -0.208. The molecule has 36 heavy (non-hydrogen) atoms. The Labute approximate surface area is 205 Å². The highest BCUT2D eigenvalue weighted by Gasteiger charge is 2.22. The van der Waals surface area contributed by atoms with Gasteiger partial charge in [-0.25, -0.2) is 9.37 Å². The fraction of sp³-hybridized carbons (Fsp3) is 0.292. The molecule has 0 radical (unpaired) electrons. The topological polar surface area (TPSA) is 129 Å². The molecule has 5 rings (SSSR count). The molecule has 12 heteroatoms. The first-order valence-corrected chi connectivity index (χ1v) is 11.5. The molecular formula is C24H26FN9O2. The lowest BCUT2D eigenvalue weighted by atomic mass is 10.2. The number of H-pyrrole nitrogens is 2. The molecule has 0 bridgehead atoms. The molecule has 1 aliphatic heterocycles. The molecule has 1 aliphatic rings. The first-order chi connectivity index (χ1) is 17.5. The number of pyridine rings is 1. The SMILES string of the molecule is C=N/C=C\C=NCCNc1c(-c2nc3c(F)cc(N4CCOCC4)cc3[nH]2)c(=O)[nH]c2cn(C)nc12. The van der Waals surface area contributed by atoms with Crippen LogP contribution in [0.3, 0.4) is 0 Å². The van der Waals surface area contributed by atoms with Crippen molar-refractivity contribution >= 4 is 46.4 Å². The number of aryl methyl sites for hydroxylation is 1. The molecule has 1 fully saturated rings. The summed E-state index contributed by atoms with van der Waals surface area (Å²) in [6, 6.07) is 3.32. The van der Waals surface area contributed by atoms with Crippen molar-refractivity contribution in [3.8, 4) is 11.4 Å². The zero-order valence-electron chi connectivity index (χ0n) is 19.8. The maximum absolute atomic E-state index is 15.1. The van der Waals surface area contributed by atoms with Crippen LogP contribution in [0.4, 0.5) is 15.8 Å². The minimum absolute atomic E-state index is 0.167. The smallest absolute Gasteiger partial charge is 0.261 e. The van der Waals surface area contributed by atoms with Crippen molar-refractivity contribution in [1.82, 2.24) is 24.7 Å². The zero-order valence-corrected chi connectivity index (χ0v) is 19.8. The Bertz CT molecular complexity index is 1530. The summed E-state index contributed by atoms with van der Waals surface area (Å²) >= 11 is 0. The second-order valence-corrected chi connectivity index (χ2v) is 8.28. The van der Waals surface area contributed by atoms with Crippen LogP contribution in [0, 0.1) is 5.82 Å². The van der Waals surface area contributed by atoms with Gasteiger partial charge >= 0.3 is 0 Å². The quantitative estimate of drug-likeness (QED) is 0.257. The number of nitrogens with zero attached hydrogens (tertiary/aromatic N) is 6. The van der Waals surface area contributed by atoms with Gasteiger partial charge in [0, 0.05) is 51.0 Å². The van der Waals surface area contributed by atoms with Gasteiger partial charge in [-0.2, -0.15) is 5.10 Å². The van der Waals surface area contributed by atoms with Crippen LogP contribution >= 0.6 is 0 Å². The number of anilines is 2. The number of benzene rings is 1. The number of morpholine rings is 1. The van der Waals surface area contributed by atoms with E-state index in [0.29, 0.717) is 61.6 Å². The Balaban J connectivity index is 1.54. The van der Waals surface area contributed by atoms with Crippen LogP contribution < -0.4 is 15.8 Å². The molecule has 0 saturated carbocycles. The number of fused-ring (bicyclic) bond motifs is 2. The second-order valence-electron chi connectivity index (χ2n) is 8.28. The van der Waals surface area contributed by atoms with E-state index in [9.17, 15) is 4.79 Å². The average Bonchev–Trinajstić information content (AvgIpc) is 3.46. The molecule has 4 heterocycles. The van der Waals surface area contributed by atoms with E-state index in [4.69, 9.17) is 4.74 Å². The van der Waals surface area contributed by atoms with Gasteiger partial charge in [0.2, 0.25) is 0 Å². The van der Waals surface area contributed by atoms with Crippen molar-refractivity contribution < 1.29 is 9.13 Å². The molecule has 3 aromatic heterocycles. The Hall–Kier alpha value is -4.32. The molecular weight excluding hydrogens is 465 g/mol. The Morgan fingerprint density at radius 1 is 1.25 bits per heavy atom. The molecule has 0 spiro atoms. The normalized spacial score (nSPS) is 14.6. The van der Waals surface area contributed by atoms with E-state index in [-0.39, 0.29) is 22.5 Å². The van der Waals surface area contributed by atoms with E-state index in [1.807, 2.05) is 6.07 Å². The van der Waals surface area contributed by atoms with Gasteiger partial charge in [-0.3, -0.25) is 19.5 Å². The highest BCUT2D eigenvalue weighted by Crippen LogP contribution is 2.32. The molecule has 0 aliphatic carbocycles. The van der Waals surface area contributed by atoms with Crippen molar-refractivity contribution in [2.24, 2.45) is 17.0 Å². The lowest BCUT2D eigenvalue weighted by Crippen LogP contribution is -2.36. The standard InChI is InChI=1S/C24H26FN9O2/c1-26-4-3-5-27-6-7-28-22-19(24(35)30-18-14-33(2)32-21(18)22)23-29-17-13-15(12-16(25)20(17)31-23)34-8-10-36-11-9-34/h3-5,12-14,28H,1,6-11H2,2H3,(H,29,31)(H,30,35)/b4-3-,27-5?. The number of halogens is 1. The summed E-state index contributed by atoms with van der Waals surface area (Å²) in [6.45, 7) is 6.79. The van der Waals surface area contributed by atoms with E-state index in [0.717, 1.165) is 5.69 Å². The minimum atomic E-state index is -0.460. The summed E-state index contributed by atoms with van der Waals surface area (Å²) in [5, 5.41) is 7.78. The summed E-state index contributed by atoms with van der Waals surface area (Å²) in [4.78, 5) is 33.6. The first-order valence-electron chi connectivity index (χ1n) is 11.5. The number of imidazole rings is 1. The summed E-state index contributed by atoms with van der Waals surface area (Å²) in [7, 11) is 1.77. The van der Waals surface area contributed by atoms with Crippen LogP contribution in [-0.4, -0.2) is 77.1 Å². The molecule has 1 aromatic carbocycles. The number of allylic oxidation sites excluding steroid dienone is 1. The Kier molecular flexibility index (Phi) is 6.58. The molecule has 0 amide bonds. The third-order valence-corrected chi connectivity index (χ3v) is 5.85. The summed E-state index contributed by atoms with van der Waals surface area (Å²) in [6.07, 6.45) is 6.56. The monoisotopic (exact) mass is 491 g/mol. The van der Waals surface area contributed by atoms with Gasteiger partial charge < -0.3 is 24.9 Å². The predicted molar refractivity (Wildman–Crippen MR) is 140 cm³/mol. The maximum Gasteiger partial charge on any atom is 0.261 e. The number of hydrogen-bond acceptors (Lipinski definition) is 8. The summed E-state index contributed by atoms with van der Waals surface area (Å²) < 4.78 is 22.1. The van der Waals surface area contributed by atoms with Gasteiger partial charge in [0.15, 0.2) is 5.82 Å². The lowest BCUT2D eigenvalue weighted by Gasteiger charge is -2.28. The first kappa shape index (κ1) is 23.4. The Morgan fingerprint density at radius 2 is 2.08 bits per heavy atom. The third kappa shape index (κ3) is 4.62. The molecule has 186 valence electrons. The number of nitrogens with one attached hydrogen (secondary N) is 3. The van der Waals surface area contributed by atoms with Crippen molar-refractivity contribution in [2.45, 2.75) is 0 Å². The van der Waals surface area contributed by atoms with Gasteiger partial charge in [0.25, 0.3) is 5.56 Å². The van der Waals surface area contributed by atoms with Crippen molar-refractivity contribution in [3.63, 3.8) is 0 Å². The van der Waals surface area contributed by atoms with E-state index in [1.165, 1.54) is 12.3 Å². The largest absolute Gasteiger partial charge is 0.381 e. The number of aliphatic imine (C=N–C) groups is 2. The average molecular weight is 492 g/mol. The van der Waals surface area contributed by atoms with E-state index in [1.54, 1.807) is 30.2 Å². The molecule has 3 N–H and O–H groups in total. The number of rotatable bonds is 8. The fourth-order valence-electron chi connectivity index (χ4n) is 4.24. The fourth-order valence-corrected chi connectivity index (χ4v) is 4.24. The van der Waals surface area contributed by atoms with Crippen LogP contribution in [-0.2, 0) is 11.8 Å². The van der Waals surface area contributed by atoms with E-state index in [2.05, 4.69) is 47.0 Å². The molecule has 0 atom stereocenters. The predicted octanol–water partition coefficient (Wildman–Crippen LogP) is 2.48. The molecule has 11 nitrogen and oxygen atoms in total. The molecule has 0 unspecified atom stereocenters. The van der Waals surface area contributed by atoms with Crippen LogP contribution in [0.25, 0.3) is 33.5 Å². The van der Waals surface area contributed by atoms with Gasteiger partial charge in [0.1, 0.15) is 22.4 Å². The van der Waals surface area contributed by atoms with E-state index < -0.39 is 5.82 Å². The summed E-state index contributed by atoms with van der Waals surface area (Å²) in [5.41, 5.74) is 2.95. The Morgan fingerprint density at radius 3 is 2.89 bits per heavy atom. The van der Waals surface area contributed by atoms with Gasteiger partial charge in [-0.05, 0) is 24.9 Å². The number of aromatic amines is 2. The third-order valence-electron chi connectivity index (χ3n) is 5.85. The minimum Gasteiger partial charge on any atom is -0.381 e. The van der Waals surface area contributed by atoms with E-state index >= 15 is 4.39 Å². The van der Waals surface area contributed by atoms with Crippen LogP contribution in [0.1, 0.15) is 0 Å². The highest BCUT2D eigenvalue weighted by molar-refractivity contribution is 5.96. The van der Waals surface area contributed by atoms with Crippen molar-refractivity contribution in [3.05, 3.63) is 46.8 Å². The highest BCUT2D eigenvalue weighted by atomic mass is 19.1. The van der Waals surface area contributed by atoms with Crippen LogP contribution in [0.2, 0.25) is 0 Å². The van der Waals surface area contributed by atoms with Gasteiger partial charge in [0.05, 0.1) is 36.5 Å². The van der Waals surface area contributed by atoms with Crippen molar-refractivity contribution in [2.75, 3.05) is 49.6 Å². The van der Waals surface area contributed by atoms with Crippen LogP contribution in [0.5, 0.6) is 0 Å². The van der Waals surface area contributed by atoms with Gasteiger partial charge in [-0.15, -0.1) is 0 Å². The molecule has 4 aromatic rings. The molecule has 1 saturated heterocycles. The van der Waals surface area contributed by atoms with Crippen molar-refractivity contribution in [1.29, 1.82) is 0 Å². The van der Waals surface area contributed by atoms with Crippen LogP contribution in [0.15, 0.2) is 45.4 Å². The zero-order chi connectivity index (χ0) is 25.1. The van der Waals surface area contributed by atoms with Gasteiger partial charge in [-0.1, -0.05) is 0 Å². The number of aromatic nitrogens is 5. The number of ether oxygens (including phenoxy) is 1. The lowest BCUT2D eigenvalue weighted by molar-refractivity contribution is 0.122.